The maximum absolute atomic E-state index is 12.9. The van der Waals surface area contributed by atoms with Crippen molar-refractivity contribution in [2.45, 2.75) is 42.8 Å². The van der Waals surface area contributed by atoms with Gasteiger partial charge in [-0.2, -0.15) is 0 Å². The highest BCUT2D eigenvalue weighted by atomic mass is 32.2. The summed E-state index contributed by atoms with van der Waals surface area (Å²) in [6.45, 7) is 3.10. The van der Waals surface area contributed by atoms with Gasteiger partial charge < -0.3 is 20.5 Å². The van der Waals surface area contributed by atoms with E-state index in [0.717, 1.165) is 43.1 Å². The molecule has 0 aliphatic carbocycles. The van der Waals surface area contributed by atoms with Crippen molar-refractivity contribution in [3.63, 3.8) is 0 Å². The molecule has 3 heterocycles. The van der Waals surface area contributed by atoms with E-state index in [1.165, 1.54) is 4.90 Å². The lowest BCUT2D eigenvalue weighted by atomic mass is 9.80. The van der Waals surface area contributed by atoms with E-state index in [9.17, 15) is 9.59 Å². The first kappa shape index (κ1) is 22.9. The minimum absolute atomic E-state index is 0.0907. The van der Waals surface area contributed by atoms with Crippen LogP contribution in [0.1, 0.15) is 37.1 Å². The van der Waals surface area contributed by atoms with Crippen molar-refractivity contribution in [3.05, 3.63) is 47.9 Å². The van der Waals surface area contributed by atoms with Gasteiger partial charge in [-0.15, -0.1) is 11.8 Å². The van der Waals surface area contributed by atoms with E-state index >= 15 is 0 Å². The van der Waals surface area contributed by atoms with Crippen molar-refractivity contribution < 1.29 is 14.1 Å². The summed E-state index contributed by atoms with van der Waals surface area (Å²) in [5, 5.41) is 7.77. The van der Waals surface area contributed by atoms with Crippen molar-refractivity contribution in [1.82, 2.24) is 15.4 Å². The van der Waals surface area contributed by atoms with Crippen molar-refractivity contribution in [2.24, 2.45) is 23.5 Å². The summed E-state index contributed by atoms with van der Waals surface area (Å²) in [6, 6.07) is 12.3. The highest BCUT2D eigenvalue weighted by molar-refractivity contribution is 7.98. The van der Waals surface area contributed by atoms with Crippen molar-refractivity contribution in [2.75, 3.05) is 26.2 Å². The molecule has 2 amide bonds. The van der Waals surface area contributed by atoms with Crippen LogP contribution in [0.4, 0.5) is 0 Å². The Kier molecular flexibility index (Phi) is 7.86. The average Bonchev–Trinajstić information content (AvgIpc) is 3.27. The summed E-state index contributed by atoms with van der Waals surface area (Å²) in [7, 11) is 0. The predicted octanol–water partition coefficient (Wildman–Crippen LogP) is 2.85. The Balaban J connectivity index is 1.28. The number of hydrogen-bond acceptors (Lipinski definition) is 6. The summed E-state index contributed by atoms with van der Waals surface area (Å²) < 4.78 is 5.56. The van der Waals surface area contributed by atoms with Gasteiger partial charge in [-0.05, 0) is 62.7 Å². The van der Waals surface area contributed by atoms with Gasteiger partial charge in [-0.1, -0.05) is 23.4 Å². The van der Waals surface area contributed by atoms with Crippen LogP contribution in [0.15, 0.2) is 45.8 Å². The van der Waals surface area contributed by atoms with Gasteiger partial charge >= 0.3 is 0 Å². The monoisotopic (exact) mass is 456 g/mol. The Bertz CT molecular complexity index is 896. The number of nitrogens with two attached hydrogens (primary N) is 1. The van der Waals surface area contributed by atoms with Crippen LogP contribution in [0, 0.1) is 17.8 Å². The summed E-state index contributed by atoms with van der Waals surface area (Å²) in [5.41, 5.74) is 6.38. The van der Waals surface area contributed by atoms with Crippen molar-refractivity contribution in [1.29, 1.82) is 0 Å². The topological polar surface area (TPSA) is 101 Å². The number of nitrogens with one attached hydrogen (secondary N) is 1. The molecule has 2 saturated heterocycles. The maximum atomic E-state index is 12.9. The van der Waals surface area contributed by atoms with Gasteiger partial charge in [-0.25, -0.2) is 0 Å². The van der Waals surface area contributed by atoms with E-state index in [-0.39, 0.29) is 17.7 Å². The summed E-state index contributed by atoms with van der Waals surface area (Å²) in [5.74, 6) is 2.18. The van der Waals surface area contributed by atoms with E-state index in [4.69, 9.17) is 10.3 Å². The molecule has 32 heavy (non-hydrogen) atoms. The van der Waals surface area contributed by atoms with Crippen LogP contribution in [0.3, 0.4) is 0 Å². The summed E-state index contributed by atoms with van der Waals surface area (Å²) >= 11 is 1.73. The van der Waals surface area contributed by atoms with Crippen LogP contribution >= 0.6 is 11.8 Å². The SMILES string of the molecule is NC(=O)C1CCN(C(=O)C[C@@H]2CCNC[C@@H]2Cc2cc(CSc3ccccc3)on2)CC1. The number of hydrogen-bond donors (Lipinski definition) is 2. The lowest BCUT2D eigenvalue weighted by Gasteiger charge is -2.35. The van der Waals surface area contributed by atoms with Crippen LogP contribution in [0.25, 0.3) is 0 Å². The molecule has 2 atom stereocenters. The summed E-state index contributed by atoms with van der Waals surface area (Å²) in [4.78, 5) is 27.4. The third-order valence-electron chi connectivity index (χ3n) is 6.66. The number of piperidine rings is 2. The number of likely N-dealkylation sites (tertiary alicyclic amines) is 1. The van der Waals surface area contributed by atoms with Crippen LogP contribution in [0.2, 0.25) is 0 Å². The molecule has 2 aliphatic heterocycles. The van der Waals surface area contributed by atoms with E-state index in [0.29, 0.717) is 44.2 Å². The fourth-order valence-electron chi connectivity index (χ4n) is 4.71. The first-order valence-electron chi connectivity index (χ1n) is 11.5. The molecule has 8 heteroatoms. The van der Waals surface area contributed by atoms with Crippen LogP contribution < -0.4 is 11.1 Å². The predicted molar refractivity (Wildman–Crippen MR) is 124 cm³/mol. The van der Waals surface area contributed by atoms with Crippen molar-refractivity contribution >= 4 is 23.6 Å². The number of carbonyl (C=O) groups is 2. The maximum Gasteiger partial charge on any atom is 0.222 e. The fourth-order valence-corrected chi connectivity index (χ4v) is 5.51. The van der Waals surface area contributed by atoms with E-state index in [1.807, 2.05) is 23.1 Å². The molecule has 0 saturated carbocycles. The Hall–Kier alpha value is -2.32. The van der Waals surface area contributed by atoms with E-state index in [2.05, 4.69) is 28.7 Å². The average molecular weight is 457 g/mol. The van der Waals surface area contributed by atoms with Gasteiger partial charge in [0.2, 0.25) is 11.8 Å². The molecule has 2 aromatic rings. The Labute approximate surface area is 193 Å². The molecular formula is C24H32N4O3S. The standard InChI is InChI=1S/C24H32N4O3S/c25-24(30)17-7-10-28(11-8-17)23(29)13-18-6-9-26-15-19(18)12-20-14-21(31-27-20)16-32-22-4-2-1-3-5-22/h1-5,14,17-19,26H,6-13,15-16H2,(H2,25,30)/t18-,19-/m0/s1. The van der Waals surface area contributed by atoms with Gasteiger partial charge in [0.1, 0.15) is 5.76 Å². The van der Waals surface area contributed by atoms with Gasteiger partial charge in [0.15, 0.2) is 0 Å². The second kappa shape index (κ2) is 11.0. The summed E-state index contributed by atoms with van der Waals surface area (Å²) in [6.07, 6.45) is 3.72. The third kappa shape index (κ3) is 6.13. The molecular weight excluding hydrogens is 424 g/mol. The number of aromatic nitrogens is 1. The lowest BCUT2D eigenvalue weighted by molar-refractivity contribution is -0.136. The van der Waals surface area contributed by atoms with E-state index in [1.54, 1.807) is 11.8 Å². The molecule has 0 spiro atoms. The molecule has 3 N–H and O–H groups in total. The van der Waals surface area contributed by atoms with Crippen molar-refractivity contribution in [3.8, 4) is 0 Å². The first-order chi connectivity index (χ1) is 15.6. The highest BCUT2D eigenvalue weighted by Gasteiger charge is 2.31. The Morgan fingerprint density at radius 1 is 1.16 bits per heavy atom. The molecule has 0 radical (unpaired) electrons. The normalized spacial score (nSPS) is 22.1. The smallest absolute Gasteiger partial charge is 0.222 e. The molecule has 0 unspecified atom stereocenters. The number of carbonyl (C=O) groups excluding carboxylic acids is 2. The van der Waals surface area contributed by atoms with Gasteiger partial charge in [0.05, 0.1) is 11.4 Å². The largest absolute Gasteiger partial charge is 0.369 e. The first-order valence-corrected chi connectivity index (χ1v) is 12.5. The zero-order valence-electron chi connectivity index (χ0n) is 18.4. The number of thioether (sulfide) groups is 1. The molecule has 1 aromatic heterocycles. The minimum atomic E-state index is -0.246. The highest BCUT2D eigenvalue weighted by Crippen LogP contribution is 2.29. The van der Waals surface area contributed by atoms with Crippen LogP contribution in [-0.2, 0) is 21.8 Å². The number of rotatable bonds is 8. The number of nitrogens with zero attached hydrogens (tertiary/aromatic N) is 2. The fraction of sp³-hybridized carbons (Fsp3) is 0.542. The van der Waals surface area contributed by atoms with Gasteiger partial charge in [0.25, 0.3) is 0 Å². The third-order valence-corrected chi connectivity index (χ3v) is 7.69. The Morgan fingerprint density at radius 2 is 1.94 bits per heavy atom. The minimum Gasteiger partial charge on any atom is -0.369 e. The zero-order valence-corrected chi connectivity index (χ0v) is 19.2. The lowest BCUT2D eigenvalue weighted by Crippen LogP contribution is -2.44. The Morgan fingerprint density at radius 3 is 2.69 bits per heavy atom. The number of amides is 2. The molecule has 2 fully saturated rings. The van der Waals surface area contributed by atoms with Gasteiger partial charge in [-0.3, -0.25) is 9.59 Å². The van der Waals surface area contributed by atoms with Crippen LogP contribution in [-0.4, -0.2) is 48.0 Å². The molecule has 2 aliphatic rings. The molecule has 1 aromatic carbocycles. The molecule has 172 valence electrons. The second-order valence-electron chi connectivity index (χ2n) is 8.86. The van der Waals surface area contributed by atoms with Crippen LogP contribution in [0.5, 0.6) is 0 Å². The number of benzene rings is 1. The quantitative estimate of drug-likeness (QED) is 0.593. The van der Waals surface area contributed by atoms with Gasteiger partial charge in [0, 0.05) is 36.4 Å². The molecule has 7 nitrogen and oxygen atoms in total. The molecule has 0 bridgehead atoms. The second-order valence-corrected chi connectivity index (χ2v) is 9.91. The zero-order chi connectivity index (χ0) is 22.3. The van der Waals surface area contributed by atoms with E-state index < -0.39 is 0 Å². The number of primary amides is 1. The molecule has 4 rings (SSSR count).